The number of rotatable bonds is 5. The number of anilines is 1. The van der Waals surface area contributed by atoms with Gasteiger partial charge in [-0.2, -0.15) is 13.4 Å². The Hall–Kier alpha value is -2.68. The van der Waals surface area contributed by atoms with Gasteiger partial charge in [-0.3, -0.25) is 4.72 Å². The highest BCUT2D eigenvalue weighted by Crippen LogP contribution is 2.20. The van der Waals surface area contributed by atoms with Gasteiger partial charge in [0.25, 0.3) is 10.0 Å². The van der Waals surface area contributed by atoms with Crippen molar-refractivity contribution in [2.24, 2.45) is 0 Å². The van der Waals surface area contributed by atoms with Crippen molar-refractivity contribution in [2.75, 3.05) is 4.72 Å². The van der Waals surface area contributed by atoms with Crippen LogP contribution in [0.3, 0.4) is 0 Å². The minimum absolute atomic E-state index is 0.0200. The number of hydrogen-bond acceptors (Lipinski definition) is 6. The summed E-state index contributed by atoms with van der Waals surface area (Å²) in [5, 5.41) is 3.70. The fourth-order valence-electron chi connectivity index (χ4n) is 1.93. The fourth-order valence-corrected chi connectivity index (χ4v) is 2.93. The Morgan fingerprint density at radius 1 is 1.17 bits per heavy atom. The molecular formula is C14H15N5O3S. The van der Waals surface area contributed by atoms with Gasteiger partial charge in [-0.25, -0.2) is 4.98 Å². The van der Waals surface area contributed by atoms with Gasteiger partial charge >= 0.3 is 0 Å². The smallest absolute Gasteiger partial charge is 0.280 e. The summed E-state index contributed by atoms with van der Waals surface area (Å²) in [6.45, 7) is 3.89. The number of hydrogen-bond donors (Lipinski definition) is 1. The monoisotopic (exact) mass is 333 g/mol. The van der Waals surface area contributed by atoms with Crippen LogP contribution in [0.15, 0.2) is 52.7 Å². The first-order chi connectivity index (χ1) is 11.0. The predicted molar refractivity (Wildman–Crippen MR) is 83.2 cm³/mol. The van der Waals surface area contributed by atoms with Gasteiger partial charge < -0.3 is 9.09 Å². The minimum Gasteiger partial charge on any atom is -0.342 e. The van der Waals surface area contributed by atoms with Crippen molar-refractivity contribution in [3.05, 3.63) is 43.2 Å². The lowest BCUT2D eigenvalue weighted by Crippen LogP contribution is -2.13. The van der Waals surface area contributed by atoms with Crippen molar-refractivity contribution < 1.29 is 12.9 Å². The molecule has 0 amide bonds. The average Bonchev–Trinajstić information content (AvgIpc) is 3.20. The van der Waals surface area contributed by atoms with Crippen molar-refractivity contribution in [1.29, 1.82) is 0 Å². The van der Waals surface area contributed by atoms with Crippen LogP contribution in [0.4, 0.5) is 5.69 Å². The summed E-state index contributed by atoms with van der Waals surface area (Å²) in [5.74, 6) is 0.440. The fraction of sp³-hybridized carbons (Fsp3) is 0.214. The molecule has 1 aromatic carbocycles. The van der Waals surface area contributed by atoms with Crippen molar-refractivity contribution in [2.45, 2.75) is 24.9 Å². The highest BCUT2D eigenvalue weighted by atomic mass is 32.2. The van der Waals surface area contributed by atoms with E-state index in [0.717, 1.165) is 5.56 Å². The second kappa shape index (κ2) is 5.84. The van der Waals surface area contributed by atoms with Gasteiger partial charge in [0.1, 0.15) is 0 Å². The van der Waals surface area contributed by atoms with E-state index in [1.54, 1.807) is 28.8 Å². The SMILES string of the molecule is CC(C)n1cnc(S(=O)(=O)Nc2ccc(-c3ncon3)cc2)c1. The first kappa shape index (κ1) is 15.2. The molecule has 0 radical (unpaired) electrons. The Bertz CT molecular complexity index is 883. The van der Waals surface area contributed by atoms with Crippen LogP contribution in [0.25, 0.3) is 11.4 Å². The third-order valence-electron chi connectivity index (χ3n) is 3.21. The van der Waals surface area contributed by atoms with E-state index in [1.807, 2.05) is 13.8 Å². The van der Waals surface area contributed by atoms with E-state index in [-0.39, 0.29) is 11.1 Å². The summed E-state index contributed by atoms with van der Waals surface area (Å²) in [6, 6.07) is 6.80. The molecule has 0 saturated carbocycles. The van der Waals surface area contributed by atoms with Crippen LogP contribution in [0.5, 0.6) is 0 Å². The molecule has 0 spiro atoms. The van der Waals surface area contributed by atoms with Crippen LogP contribution in [0.2, 0.25) is 0 Å². The highest BCUT2D eigenvalue weighted by Gasteiger charge is 2.18. The lowest BCUT2D eigenvalue weighted by Gasteiger charge is -2.07. The molecule has 0 saturated heterocycles. The lowest BCUT2D eigenvalue weighted by atomic mass is 10.2. The third-order valence-corrected chi connectivity index (χ3v) is 4.47. The molecule has 0 aliphatic carbocycles. The molecule has 23 heavy (non-hydrogen) atoms. The Balaban J connectivity index is 1.80. The molecule has 2 heterocycles. The Morgan fingerprint density at radius 2 is 1.91 bits per heavy atom. The number of nitrogens with zero attached hydrogens (tertiary/aromatic N) is 4. The topological polar surface area (TPSA) is 103 Å². The van der Waals surface area contributed by atoms with Gasteiger partial charge in [0.15, 0.2) is 5.03 Å². The summed E-state index contributed by atoms with van der Waals surface area (Å²) in [4.78, 5) is 7.87. The molecule has 2 aromatic heterocycles. The summed E-state index contributed by atoms with van der Waals surface area (Å²) in [7, 11) is -3.72. The molecule has 0 aliphatic rings. The van der Waals surface area contributed by atoms with Gasteiger partial charge in [-0.15, -0.1) is 0 Å². The maximum Gasteiger partial charge on any atom is 0.280 e. The maximum atomic E-state index is 12.3. The van der Waals surface area contributed by atoms with Gasteiger partial charge in [0.2, 0.25) is 12.2 Å². The van der Waals surface area contributed by atoms with Gasteiger partial charge in [-0.05, 0) is 38.1 Å². The molecular weight excluding hydrogens is 318 g/mol. The lowest BCUT2D eigenvalue weighted by molar-refractivity contribution is 0.419. The summed E-state index contributed by atoms with van der Waals surface area (Å²) >= 11 is 0. The third kappa shape index (κ3) is 3.24. The standard InChI is InChI=1S/C14H15N5O3S/c1-10(2)19-7-13(15-8-19)23(20,21)18-12-5-3-11(4-6-12)14-16-9-22-17-14/h3-10,18H,1-2H3. The number of nitrogens with one attached hydrogen (secondary N) is 1. The van der Waals surface area contributed by atoms with Crippen LogP contribution < -0.4 is 4.72 Å². The number of imidazole rings is 1. The van der Waals surface area contributed by atoms with Gasteiger partial charge in [0, 0.05) is 23.5 Å². The number of aromatic nitrogens is 4. The summed E-state index contributed by atoms with van der Waals surface area (Å²) in [5.41, 5.74) is 1.15. The predicted octanol–water partition coefficient (Wildman–Crippen LogP) is 2.31. The van der Waals surface area contributed by atoms with E-state index in [0.29, 0.717) is 11.5 Å². The molecule has 0 fully saturated rings. The van der Waals surface area contributed by atoms with E-state index < -0.39 is 10.0 Å². The summed E-state index contributed by atoms with van der Waals surface area (Å²) in [6.07, 6.45) is 4.23. The largest absolute Gasteiger partial charge is 0.342 e. The quantitative estimate of drug-likeness (QED) is 0.768. The molecule has 1 N–H and O–H groups in total. The van der Waals surface area contributed by atoms with E-state index >= 15 is 0 Å². The van der Waals surface area contributed by atoms with Crippen LogP contribution in [0.1, 0.15) is 19.9 Å². The average molecular weight is 333 g/mol. The molecule has 0 unspecified atom stereocenters. The molecule has 0 aliphatic heterocycles. The van der Waals surface area contributed by atoms with Crippen LogP contribution in [-0.4, -0.2) is 28.1 Å². The minimum atomic E-state index is -3.72. The van der Waals surface area contributed by atoms with Crippen molar-refractivity contribution in [1.82, 2.24) is 19.7 Å². The van der Waals surface area contributed by atoms with Crippen LogP contribution in [-0.2, 0) is 10.0 Å². The first-order valence-corrected chi connectivity index (χ1v) is 8.37. The van der Waals surface area contributed by atoms with Crippen molar-refractivity contribution in [3.63, 3.8) is 0 Å². The van der Waals surface area contributed by atoms with E-state index in [9.17, 15) is 8.42 Å². The summed E-state index contributed by atoms with van der Waals surface area (Å²) < 4.78 is 33.5. The first-order valence-electron chi connectivity index (χ1n) is 6.89. The number of benzene rings is 1. The normalized spacial score (nSPS) is 11.8. The molecule has 0 bridgehead atoms. The van der Waals surface area contributed by atoms with E-state index in [1.165, 1.54) is 18.9 Å². The second-order valence-electron chi connectivity index (χ2n) is 5.19. The molecule has 0 atom stereocenters. The second-order valence-corrected chi connectivity index (χ2v) is 6.82. The zero-order valence-electron chi connectivity index (χ0n) is 12.5. The Morgan fingerprint density at radius 3 is 2.48 bits per heavy atom. The van der Waals surface area contributed by atoms with Gasteiger partial charge in [0.05, 0.1) is 6.33 Å². The van der Waals surface area contributed by atoms with Crippen molar-refractivity contribution in [3.8, 4) is 11.4 Å². The zero-order valence-corrected chi connectivity index (χ0v) is 13.4. The molecule has 3 aromatic rings. The number of sulfonamides is 1. The van der Waals surface area contributed by atoms with Gasteiger partial charge in [-0.1, -0.05) is 5.16 Å². The molecule has 8 nitrogen and oxygen atoms in total. The Labute approximate surface area is 133 Å². The molecule has 120 valence electrons. The highest BCUT2D eigenvalue weighted by molar-refractivity contribution is 7.92. The zero-order chi connectivity index (χ0) is 16.4. The van der Waals surface area contributed by atoms with Crippen LogP contribution in [0, 0.1) is 0 Å². The Kier molecular flexibility index (Phi) is 3.87. The molecule has 3 rings (SSSR count). The van der Waals surface area contributed by atoms with E-state index in [4.69, 9.17) is 0 Å². The van der Waals surface area contributed by atoms with Crippen LogP contribution >= 0.6 is 0 Å². The maximum absolute atomic E-state index is 12.3. The molecule has 9 heteroatoms. The van der Waals surface area contributed by atoms with Crippen molar-refractivity contribution >= 4 is 15.7 Å². The van der Waals surface area contributed by atoms with E-state index in [2.05, 4.69) is 24.4 Å².